The topological polar surface area (TPSA) is 30.5 Å². The van der Waals surface area contributed by atoms with Gasteiger partial charge in [0.15, 0.2) is 11.5 Å². The van der Waals surface area contributed by atoms with Crippen LogP contribution in [-0.4, -0.2) is 19.3 Å². The Morgan fingerprint density at radius 3 is 2.33 bits per heavy atom. The predicted molar refractivity (Wildman–Crippen MR) is 99.8 cm³/mol. The molecule has 1 atom stereocenters. The molecular formula is C21H29NO2. The molecule has 0 saturated heterocycles. The molecule has 0 unspecified atom stereocenters. The van der Waals surface area contributed by atoms with Gasteiger partial charge in [0, 0.05) is 12.6 Å². The van der Waals surface area contributed by atoms with Crippen LogP contribution in [-0.2, 0) is 13.0 Å². The van der Waals surface area contributed by atoms with Crippen molar-refractivity contribution in [2.24, 2.45) is 0 Å². The third-order valence-electron chi connectivity index (χ3n) is 3.95. The molecule has 3 heteroatoms. The van der Waals surface area contributed by atoms with Crippen LogP contribution in [0, 0.1) is 0 Å². The maximum absolute atomic E-state index is 5.76. The minimum absolute atomic E-state index is 0.140. The van der Waals surface area contributed by atoms with Crippen molar-refractivity contribution in [3.05, 3.63) is 59.7 Å². The summed E-state index contributed by atoms with van der Waals surface area (Å²) in [5, 5.41) is 3.58. The first-order chi connectivity index (χ1) is 11.6. The Balaban J connectivity index is 1.84. The van der Waals surface area contributed by atoms with E-state index in [4.69, 9.17) is 9.47 Å². The van der Waals surface area contributed by atoms with E-state index in [9.17, 15) is 0 Å². The molecule has 3 nitrogen and oxygen atoms in total. The summed E-state index contributed by atoms with van der Waals surface area (Å²) >= 11 is 0. The second-order valence-corrected chi connectivity index (χ2v) is 6.46. The molecule has 0 amide bonds. The number of benzene rings is 2. The van der Waals surface area contributed by atoms with E-state index in [2.05, 4.69) is 54.7 Å². The Hall–Kier alpha value is -2.00. The largest absolute Gasteiger partial charge is 0.493 e. The summed E-state index contributed by atoms with van der Waals surface area (Å²) in [6.07, 6.45) is 2.36. The van der Waals surface area contributed by atoms with E-state index in [1.807, 2.05) is 19.9 Å². The Kier molecular flexibility index (Phi) is 7.13. The van der Waals surface area contributed by atoms with Gasteiger partial charge in [0.2, 0.25) is 0 Å². The van der Waals surface area contributed by atoms with Gasteiger partial charge in [-0.05, 0) is 56.9 Å². The molecule has 2 aromatic rings. The molecule has 0 saturated carbocycles. The fraction of sp³-hybridized carbons (Fsp3) is 0.429. The van der Waals surface area contributed by atoms with Crippen molar-refractivity contribution in [2.75, 3.05) is 7.11 Å². The lowest BCUT2D eigenvalue weighted by molar-refractivity contribution is 0.230. The Bertz CT molecular complexity index is 610. The SMILES string of the molecule is COc1cc(CN[C@H](C)CCc2ccccc2)ccc1OC(C)C. The highest BCUT2D eigenvalue weighted by Crippen LogP contribution is 2.29. The molecule has 0 radical (unpaired) electrons. The Morgan fingerprint density at radius 2 is 1.67 bits per heavy atom. The van der Waals surface area contributed by atoms with E-state index in [0.717, 1.165) is 30.9 Å². The van der Waals surface area contributed by atoms with Crippen molar-refractivity contribution in [3.8, 4) is 11.5 Å². The van der Waals surface area contributed by atoms with Crippen LogP contribution in [0.15, 0.2) is 48.5 Å². The molecule has 0 aromatic heterocycles. The summed E-state index contributed by atoms with van der Waals surface area (Å²) < 4.78 is 11.2. The highest BCUT2D eigenvalue weighted by molar-refractivity contribution is 5.43. The zero-order valence-electron chi connectivity index (χ0n) is 15.2. The van der Waals surface area contributed by atoms with Gasteiger partial charge in [0.1, 0.15) is 0 Å². The fourth-order valence-electron chi connectivity index (χ4n) is 2.60. The molecule has 0 spiro atoms. The van der Waals surface area contributed by atoms with Crippen LogP contribution < -0.4 is 14.8 Å². The van der Waals surface area contributed by atoms with Gasteiger partial charge in [-0.1, -0.05) is 36.4 Å². The normalized spacial score (nSPS) is 12.2. The molecule has 0 aliphatic rings. The predicted octanol–water partition coefficient (Wildman–Crippen LogP) is 4.59. The van der Waals surface area contributed by atoms with Crippen molar-refractivity contribution in [1.29, 1.82) is 0 Å². The molecule has 24 heavy (non-hydrogen) atoms. The van der Waals surface area contributed by atoms with Crippen LogP contribution in [0.25, 0.3) is 0 Å². The molecule has 2 rings (SSSR count). The summed E-state index contributed by atoms with van der Waals surface area (Å²) in [7, 11) is 1.68. The molecule has 0 aliphatic heterocycles. The second-order valence-electron chi connectivity index (χ2n) is 6.46. The average Bonchev–Trinajstić information content (AvgIpc) is 2.59. The standard InChI is InChI=1S/C21H29NO2/c1-16(2)24-20-13-12-19(14-21(20)23-4)15-22-17(3)10-11-18-8-6-5-7-9-18/h5-9,12-14,16-17,22H,10-11,15H2,1-4H3/t17-/m1/s1. The number of hydrogen-bond donors (Lipinski definition) is 1. The quantitative estimate of drug-likeness (QED) is 0.730. The van der Waals surface area contributed by atoms with E-state index >= 15 is 0 Å². The summed E-state index contributed by atoms with van der Waals surface area (Å²) in [5.74, 6) is 1.59. The van der Waals surface area contributed by atoms with Crippen LogP contribution in [0.1, 0.15) is 38.3 Å². The van der Waals surface area contributed by atoms with E-state index in [-0.39, 0.29) is 6.10 Å². The molecule has 130 valence electrons. The van der Waals surface area contributed by atoms with Crippen molar-refractivity contribution >= 4 is 0 Å². The van der Waals surface area contributed by atoms with E-state index < -0.39 is 0 Å². The minimum Gasteiger partial charge on any atom is -0.493 e. The van der Waals surface area contributed by atoms with Gasteiger partial charge in [-0.2, -0.15) is 0 Å². The van der Waals surface area contributed by atoms with Crippen LogP contribution in [0.2, 0.25) is 0 Å². The minimum atomic E-state index is 0.140. The third kappa shape index (κ3) is 5.89. The highest BCUT2D eigenvalue weighted by atomic mass is 16.5. The lowest BCUT2D eigenvalue weighted by Gasteiger charge is -2.16. The molecular weight excluding hydrogens is 298 g/mol. The first-order valence-electron chi connectivity index (χ1n) is 8.69. The number of hydrogen-bond acceptors (Lipinski definition) is 3. The molecule has 0 fully saturated rings. The van der Waals surface area contributed by atoms with Crippen LogP contribution >= 0.6 is 0 Å². The van der Waals surface area contributed by atoms with Gasteiger partial charge < -0.3 is 14.8 Å². The Morgan fingerprint density at radius 1 is 0.917 bits per heavy atom. The maximum atomic E-state index is 5.76. The first-order valence-corrected chi connectivity index (χ1v) is 8.69. The number of rotatable bonds is 9. The number of methoxy groups -OCH3 is 1. The number of ether oxygens (including phenoxy) is 2. The van der Waals surface area contributed by atoms with Crippen molar-refractivity contribution in [3.63, 3.8) is 0 Å². The molecule has 2 aromatic carbocycles. The van der Waals surface area contributed by atoms with Gasteiger partial charge in [-0.25, -0.2) is 0 Å². The van der Waals surface area contributed by atoms with E-state index in [0.29, 0.717) is 6.04 Å². The number of nitrogens with one attached hydrogen (secondary N) is 1. The van der Waals surface area contributed by atoms with Gasteiger partial charge in [-0.15, -0.1) is 0 Å². The lowest BCUT2D eigenvalue weighted by Crippen LogP contribution is -2.26. The highest BCUT2D eigenvalue weighted by Gasteiger charge is 2.08. The van der Waals surface area contributed by atoms with Gasteiger partial charge >= 0.3 is 0 Å². The zero-order chi connectivity index (χ0) is 17.4. The zero-order valence-corrected chi connectivity index (χ0v) is 15.2. The van der Waals surface area contributed by atoms with E-state index in [1.54, 1.807) is 7.11 Å². The first kappa shape index (κ1) is 18.3. The second kappa shape index (κ2) is 9.33. The van der Waals surface area contributed by atoms with Crippen molar-refractivity contribution in [1.82, 2.24) is 5.32 Å². The lowest BCUT2D eigenvalue weighted by atomic mass is 10.1. The molecule has 0 bridgehead atoms. The number of aryl methyl sites for hydroxylation is 1. The van der Waals surface area contributed by atoms with Crippen LogP contribution in [0.5, 0.6) is 11.5 Å². The smallest absolute Gasteiger partial charge is 0.161 e. The third-order valence-corrected chi connectivity index (χ3v) is 3.95. The summed E-state index contributed by atoms with van der Waals surface area (Å²) in [5.41, 5.74) is 2.59. The van der Waals surface area contributed by atoms with Crippen LogP contribution in [0.3, 0.4) is 0 Å². The summed E-state index contributed by atoms with van der Waals surface area (Å²) in [6.45, 7) is 7.09. The average molecular weight is 327 g/mol. The van der Waals surface area contributed by atoms with Gasteiger partial charge in [-0.3, -0.25) is 0 Å². The van der Waals surface area contributed by atoms with Gasteiger partial charge in [0.25, 0.3) is 0 Å². The maximum Gasteiger partial charge on any atom is 0.161 e. The monoisotopic (exact) mass is 327 g/mol. The molecule has 1 N–H and O–H groups in total. The van der Waals surface area contributed by atoms with E-state index in [1.165, 1.54) is 11.1 Å². The van der Waals surface area contributed by atoms with Crippen molar-refractivity contribution < 1.29 is 9.47 Å². The Labute approximate surface area is 146 Å². The fourth-order valence-corrected chi connectivity index (χ4v) is 2.60. The molecule has 0 aliphatic carbocycles. The van der Waals surface area contributed by atoms with Crippen molar-refractivity contribution in [2.45, 2.75) is 52.3 Å². The summed E-state index contributed by atoms with van der Waals surface area (Å²) in [4.78, 5) is 0. The van der Waals surface area contributed by atoms with Crippen LogP contribution in [0.4, 0.5) is 0 Å². The molecule has 0 heterocycles. The summed E-state index contributed by atoms with van der Waals surface area (Å²) in [6, 6.07) is 17.2. The van der Waals surface area contributed by atoms with Gasteiger partial charge in [0.05, 0.1) is 13.2 Å².